The standard InChI is InChI=1S/C29H26Cl2N2O7/c1-32-26(39)28(30)13-19-16(10-11-17-21(19)25(38)33(24(17)37)12-4-7-20(34)35)22(29(28,31)27(32)40)18-9-8-14-5-2-3-6-15(14)23(18)36/h2-3,5-6,8-10,17,19,21-22,36H,4,7,11-13H2,1H3,(H,34,35)/t17-,19+,21-,22+,28+,29-/m0/s1. The van der Waals surface area contributed by atoms with Crippen LogP contribution in [0, 0.1) is 17.8 Å². The molecule has 2 saturated heterocycles. The number of aromatic hydroxyl groups is 1. The van der Waals surface area contributed by atoms with Gasteiger partial charge in [-0.15, -0.1) is 23.2 Å². The molecule has 2 aromatic rings. The van der Waals surface area contributed by atoms with Gasteiger partial charge in [0.2, 0.25) is 11.8 Å². The molecule has 2 aliphatic heterocycles. The molecule has 1 saturated carbocycles. The third kappa shape index (κ3) is 3.37. The summed E-state index contributed by atoms with van der Waals surface area (Å²) in [5, 5.41) is 21.8. The van der Waals surface area contributed by atoms with Crippen LogP contribution < -0.4 is 0 Å². The first-order valence-electron chi connectivity index (χ1n) is 13.1. The van der Waals surface area contributed by atoms with Crippen molar-refractivity contribution in [2.75, 3.05) is 13.6 Å². The molecule has 9 nitrogen and oxygen atoms in total. The summed E-state index contributed by atoms with van der Waals surface area (Å²) in [5.41, 5.74) is 0.891. The van der Waals surface area contributed by atoms with Gasteiger partial charge in [0, 0.05) is 36.9 Å². The molecule has 40 heavy (non-hydrogen) atoms. The van der Waals surface area contributed by atoms with Gasteiger partial charge in [-0.05, 0) is 30.6 Å². The van der Waals surface area contributed by atoms with Crippen LogP contribution >= 0.6 is 23.2 Å². The molecule has 11 heteroatoms. The predicted octanol–water partition coefficient (Wildman–Crippen LogP) is 3.40. The highest BCUT2D eigenvalue weighted by Gasteiger charge is 2.76. The van der Waals surface area contributed by atoms with Gasteiger partial charge in [0.15, 0.2) is 9.75 Å². The van der Waals surface area contributed by atoms with E-state index in [2.05, 4.69) is 0 Å². The van der Waals surface area contributed by atoms with Crippen molar-refractivity contribution >= 4 is 63.6 Å². The fourth-order valence-corrected chi connectivity index (χ4v) is 8.28. The lowest BCUT2D eigenvalue weighted by atomic mass is 9.56. The minimum Gasteiger partial charge on any atom is -0.507 e. The van der Waals surface area contributed by atoms with E-state index < -0.39 is 63.0 Å². The number of allylic oxidation sites excluding steroid dienone is 2. The number of benzene rings is 2. The van der Waals surface area contributed by atoms with Crippen molar-refractivity contribution in [2.45, 2.75) is 41.3 Å². The van der Waals surface area contributed by atoms with Crippen molar-refractivity contribution in [2.24, 2.45) is 17.8 Å². The summed E-state index contributed by atoms with van der Waals surface area (Å²) in [6.07, 6.45) is 1.78. The molecule has 2 N–H and O–H groups in total. The number of hydrogen-bond acceptors (Lipinski definition) is 6. The Bertz CT molecular complexity index is 1560. The van der Waals surface area contributed by atoms with E-state index in [1.54, 1.807) is 30.3 Å². The molecule has 3 fully saturated rings. The number of alkyl halides is 2. The Kier molecular flexibility index (Phi) is 6.05. The molecule has 0 spiro atoms. The van der Waals surface area contributed by atoms with Crippen LogP contribution in [-0.2, 0) is 24.0 Å². The van der Waals surface area contributed by atoms with Crippen LogP contribution in [0.1, 0.15) is 37.2 Å². The number of halogens is 2. The number of carboxylic acid groups (broad SMARTS) is 1. The molecule has 0 unspecified atom stereocenters. The van der Waals surface area contributed by atoms with Gasteiger partial charge < -0.3 is 10.2 Å². The van der Waals surface area contributed by atoms with E-state index in [4.69, 9.17) is 28.3 Å². The first kappa shape index (κ1) is 26.8. The number of fused-ring (bicyclic) bond motifs is 5. The second kappa shape index (κ2) is 9.04. The van der Waals surface area contributed by atoms with Crippen LogP contribution in [0.25, 0.3) is 10.8 Å². The average molecular weight is 585 g/mol. The number of carbonyl (C=O) groups is 5. The van der Waals surface area contributed by atoms with Crippen molar-refractivity contribution in [3.63, 3.8) is 0 Å². The number of imide groups is 2. The molecule has 0 aromatic heterocycles. The number of rotatable bonds is 5. The van der Waals surface area contributed by atoms with E-state index in [0.717, 1.165) is 15.2 Å². The predicted molar refractivity (Wildman–Crippen MR) is 145 cm³/mol. The van der Waals surface area contributed by atoms with E-state index in [9.17, 15) is 29.1 Å². The second-order valence-electron chi connectivity index (χ2n) is 11.0. The summed E-state index contributed by atoms with van der Waals surface area (Å²) >= 11 is 14.3. The minimum atomic E-state index is -1.98. The van der Waals surface area contributed by atoms with Gasteiger partial charge in [-0.3, -0.25) is 33.8 Å². The van der Waals surface area contributed by atoms with Gasteiger partial charge in [-0.1, -0.05) is 48.0 Å². The van der Waals surface area contributed by atoms with Gasteiger partial charge in [-0.2, -0.15) is 0 Å². The summed E-state index contributed by atoms with van der Waals surface area (Å²) in [7, 11) is 1.31. The summed E-state index contributed by atoms with van der Waals surface area (Å²) in [4.78, 5) is 63.3. The van der Waals surface area contributed by atoms with Crippen LogP contribution in [0.3, 0.4) is 0 Å². The lowest BCUT2D eigenvalue weighted by molar-refractivity contribution is -0.142. The van der Waals surface area contributed by atoms with Gasteiger partial charge in [-0.25, -0.2) is 0 Å². The highest BCUT2D eigenvalue weighted by molar-refractivity contribution is 6.53. The maximum atomic E-state index is 13.7. The molecule has 4 aliphatic rings. The molecule has 6 atom stereocenters. The van der Waals surface area contributed by atoms with E-state index in [1.807, 2.05) is 12.1 Å². The van der Waals surface area contributed by atoms with Crippen LogP contribution in [0.15, 0.2) is 48.0 Å². The Hall–Kier alpha value is -3.43. The SMILES string of the molecule is CN1C(=O)[C@]2(Cl)C[C@@H]3C(=CC[C@@H]4C(=O)N(CCCC(=O)O)C(=O)[C@@H]43)[C@H](c3ccc4ccccc4c3O)[C@]2(Cl)C1=O. The monoisotopic (exact) mass is 584 g/mol. The highest BCUT2D eigenvalue weighted by Crippen LogP contribution is 2.66. The van der Waals surface area contributed by atoms with Gasteiger partial charge in [0.1, 0.15) is 5.75 Å². The second-order valence-corrected chi connectivity index (χ2v) is 12.3. The Morgan fingerprint density at radius 1 is 1.02 bits per heavy atom. The fourth-order valence-electron chi connectivity index (χ4n) is 7.27. The molecule has 0 bridgehead atoms. The van der Waals surface area contributed by atoms with E-state index in [1.165, 1.54) is 7.05 Å². The smallest absolute Gasteiger partial charge is 0.303 e. The molecule has 2 heterocycles. The molecular weight excluding hydrogens is 559 g/mol. The first-order valence-corrected chi connectivity index (χ1v) is 13.9. The lowest BCUT2D eigenvalue weighted by Gasteiger charge is -2.50. The zero-order chi connectivity index (χ0) is 28.7. The molecule has 2 aliphatic carbocycles. The number of likely N-dealkylation sites (tertiary alicyclic amines) is 2. The Labute approximate surface area is 239 Å². The van der Waals surface area contributed by atoms with Crippen molar-refractivity contribution in [1.82, 2.24) is 9.80 Å². The molecule has 4 amide bonds. The fraction of sp³-hybridized carbons (Fsp3) is 0.414. The number of hydrogen-bond donors (Lipinski definition) is 2. The Morgan fingerprint density at radius 2 is 1.75 bits per heavy atom. The number of aliphatic carboxylic acids is 1. The van der Waals surface area contributed by atoms with E-state index >= 15 is 0 Å². The summed E-state index contributed by atoms with van der Waals surface area (Å²) in [6.45, 7) is -0.0282. The number of carboxylic acids is 1. The summed E-state index contributed by atoms with van der Waals surface area (Å²) in [5.74, 6) is -6.69. The zero-order valence-electron chi connectivity index (χ0n) is 21.5. The molecule has 2 aromatic carbocycles. The lowest BCUT2D eigenvalue weighted by Crippen LogP contribution is -2.60. The maximum Gasteiger partial charge on any atom is 0.303 e. The number of amides is 4. The molecule has 6 rings (SSSR count). The van der Waals surface area contributed by atoms with Crippen LogP contribution in [0.4, 0.5) is 0 Å². The van der Waals surface area contributed by atoms with E-state index in [-0.39, 0.29) is 38.0 Å². The largest absolute Gasteiger partial charge is 0.507 e. The van der Waals surface area contributed by atoms with Crippen molar-refractivity contribution < 1.29 is 34.2 Å². The van der Waals surface area contributed by atoms with Gasteiger partial charge >= 0.3 is 5.97 Å². The van der Waals surface area contributed by atoms with Gasteiger partial charge in [0.05, 0.1) is 11.8 Å². The van der Waals surface area contributed by atoms with Crippen LogP contribution in [0.2, 0.25) is 0 Å². The van der Waals surface area contributed by atoms with Crippen LogP contribution in [-0.4, -0.2) is 73.0 Å². The zero-order valence-corrected chi connectivity index (χ0v) is 23.0. The first-order chi connectivity index (χ1) is 18.9. The minimum absolute atomic E-state index is 0.0282. The third-order valence-electron chi connectivity index (χ3n) is 9.12. The third-order valence-corrected chi connectivity index (χ3v) is 10.5. The van der Waals surface area contributed by atoms with Crippen molar-refractivity contribution in [3.05, 3.63) is 53.6 Å². The highest BCUT2D eigenvalue weighted by atomic mass is 35.5. The van der Waals surface area contributed by atoms with E-state index in [0.29, 0.717) is 16.5 Å². The van der Waals surface area contributed by atoms with Crippen molar-refractivity contribution in [3.8, 4) is 5.75 Å². The Morgan fingerprint density at radius 3 is 2.48 bits per heavy atom. The quantitative estimate of drug-likeness (QED) is 0.312. The topological polar surface area (TPSA) is 132 Å². The number of phenols is 1. The summed E-state index contributed by atoms with van der Waals surface area (Å²) < 4.78 is 0. The maximum absolute atomic E-state index is 13.7. The van der Waals surface area contributed by atoms with Crippen molar-refractivity contribution in [1.29, 1.82) is 0 Å². The number of nitrogens with zero attached hydrogens (tertiary/aromatic N) is 2. The molecular formula is C29H26Cl2N2O7. The van der Waals surface area contributed by atoms with Crippen LogP contribution in [0.5, 0.6) is 5.75 Å². The van der Waals surface area contributed by atoms with Gasteiger partial charge in [0.25, 0.3) is 11.8 Å². The average Bonchev–Trinajstić information content (AvgIpc) is 3.24. The molecule has 208 valence electrons. The normalized spacial score (nSPS) is 33.2. The number of phenolic OH excluding ortho intramolecular Hbond substituents is 1. The Balaban J connectivity index is 1.50. The summed E-state index contributed by atoms with van der Waals surface area (Å²) in [6, 6.07) is 10.6. The molecule has 0 radical (unpaired) electrons. The number of carbonyl (C=O) groups excluding carboxylic acids is 4.